The molecule has 0 aromatic rings. The lowest BCUT2D eigenvalue weighted by Crippen LogP contribution is -3.00. The number of halogens is 1. The highest BCUT2D eigenvalue weighted by molar-refractivity contribution is 5.68. The largest absolute Gasteiger partial charge is 1.00 e. The van der Waals surface area contributed by atoms with Gasteiger partial charge in [0.2, 0.25) is 0 Å². The normalized spacial score (nSPS) is 26.6. The number of ether oxygens (including phenoxy) is 5. The second-order valence-electron chi connectivity index (χ2n) is 4.72. The molecule has 0 radical (unpaired) electrons. The zero-order valence-electron chi connectivity index (χ0n) is 13.3. The highest BCUT2D eigenvalue weighted by Gasteiger charge is 2.47. The highest BCUT2D eigenvalue weighted by Crippen LogP contribution is 2.25. The van der Waals surface area contributed by atoms with Crippen molar-refractivity contribution >= 4 is 17.9 Å². The summed E-state index contributed by atoms with van der Waals surface area (Å²) in [5.74, 6) is -1.76. The van der Waals surface area contributed by atoms with Crippen LogP contribution in [-0.4, -0.2) is 62.3 Å². The number of rotatable bonds is 6. The second-order valence-corrected chi connectivity index (χ2v) is 4.72. The molecule has 1 heterocycles. The summed E-state index contributed by atoms with van der Waals surface area (Å²) in [6, 6.07) is 0. The van der Waals surface area contributed by atoms with Gasteiger partial charge in [0, 0.05) is 20.8 Å². The van der Waals surface area contributed by atoms with Crippen LogP contribution in [0.15, 0.2) is 0 Å². The minimum atomic E-state index is -1.04. The Morgan fingerprint density at radius 2 is 1.52 bits per heavy atom. The summed E-state index contributed by atoms with van der Waals surface area (Å²) < 4.78 is 26.2. The van der Waals surface area contributed by atoms with Crippen molar-refractivity contribution in [1.29, 1.82) is 0 Å². The van der Waals surface area contributed by atoms with E-state index in [1.54, 1.807) is 0 Å². The van der Waals surface area contributed by atoms with E-state index in [0.717, 1.165) is 0 Å². The highest BCUT2D eigenvalue weighted by atomic mass is 127. The van der Waals surface area contributed by atoms with Crippen LogP contribution in [0.1, 0.15) is 20.8 Å². The molecule has 0 unspecified atom stereocenters. The topological polar surface area (TPSA) is 125 Å². The van der Waals surface area contributed by atoms with Crippen LogP contribution >= 0.6 is 0 Å². The third-order valence-corrected chi connectivity index (χ3v) is 2.73. The van der Waals surface area contributed by atoms with Gasteiger partial charge in [0.1, 0.15) is 0 Å². The third kappa shape index (κ3) is 7.42. The van der Waals surface area contributed by atoms with Gasteiger partial charge < -0.3 is 53.4 Å². The minimum absolute atomic E-state index is 0. The van der Waals surface area contributed by atoms with Crippen molar-refractivity contribution in [3.63, 3.8) is 0 Å². The number of esters is 3. The van der Waals surface area contributed by atoms with E-state index in [1.165, 1.54) is 20.8 Å². The summed E-state index contributed by atoms with van der Waals surface area (Å²) >= 11 is 0. The van der Waals surface area contributed by atoms with Crippen LogP contribution in [0.2, 0.25) is 0 Å². The molecule has 9 nitrogen and oxygen atoms in total. The molecule has 0 spiro atoms. The molecule has 0 amide bonds. The van der Waals surface area contributed by atoms with Gasteiger partial charge in [-0.3, -0.25) is 14.4 Å². The summed E-state index contributed by atoms with van der Waals surface area (Å²) in [6.45, 7) is 4.34. The first kappa shape index (κ1) is 22.0. The predicted octanol–water partition coefficient (Wildman–Crippen LogP) is -4.60. The zero-order chi connectivity index (χ0) is 16.7. The minimum Gasteiger partial charge on any atom is -1.00 e. The van der Waals surface area contributed by atoms with Crippen molar-refractivity contribution in [3.05, 3.63) is 0 Å². The van der Waals surface area contributed by atoms with Gasteiger partial charge in [-0.1, -0.05) is 0 Å². The van der Waals surface area contributed by atoms with Crippen LogP contribution in [0.5, 0.6) is 0 Å². The van der Waals surface area contributed by atoms with Gasteiger partial charge in [-0.05, 0) is 0 Å². The van der Waals surface area contributed by atoms with Gasteiger partial charge in [0.25, 0.3) is 0 Å². The lowest BCUT2D eigenvalue weighted by atomic mass is 10.0. The molecule has 0 aromatic carbocycles. The van der Waals surface area contributed by atoms with Gasteiger partial charge in [0.05, 0.1) is 19.8 Å². The first-order valence-electron chi connectivity index (χ1n) is 6.89. The number of carbonyl (C=O) groups excluding carboxylic acids is 3. The Kier molecular flexibility index (Phi) is 10.3. The molecule has 3 N–H and O–H groups in total. The molecule has 1 saturated heterocycles. The van der Waals surface area contributed by atoms with Crippen molar-refractivity contribution in [2.24, 2.45) is 0 Å². The van der Waals surface area contributed by atoms with Crippen molar-refractivity contribution in [3.8, 4) is 0 Å². The Morgan fingerprint density at radius 1 is 1.00 bits per heavy atom. The first-order chi connectivity index (χ1) is 10.3. The van der Waals surface area contributed by atoms with Gasteiger partial charge in [-0.15, -0.1) is 0 Å². The molecule has 23 heavy (non-hydrogen) atoms. The molecular weight excluding hydrogens is 425 g/mol. The summed E-state index contributed by atoms with van der Waals surface area (Å²) in [4.78, 5) is 33.8. The molecule has 0 bridgehead atoms. The molecule has 0 saturated carbocycles. The molecular formula is C13H22INO8. The van der Waals surface area contributed by atoms with E-state index in [-0.39, 0.29) is 37.2 Å². The van der Waals surface area contributed by atoms with Crippen LogP contribution in [0.25, 0.3) is 0 Å². The number of hydrogen-bond donors (Lipinski definition) is 1. The van der Waals surface area contributed by atoms with Crippen molar-refractivity contribution in [2.75, 3.05) is 19.8 Å². The lowest BCUT2D eigenvalue weighted by molar-refractivity contribution is -0.383. The van der Waals surface area contributed by atoms with E-state index >= 15 is 0 Å². The SMILES string of the molecule is CC(=O)O[C@@H]1[C@@H](OC(C)=O)[C@@H](OCC[NH3+])OC[C@H]1OC(C)=O.[I-]. The maximum absolute atomic E-state index is 11.3. The number of carbonyl (C=O) groups is 3. The molecule has 0 aliphatic carbocycles. The average molecular weight is 447 g/mol. The van der Waals surface area contributed by atoms with Gasteiger partial charge in [0.15, 0.2) is 24.6 Å². The van der Waals surface area contributed by atoms with E-state index in [9.17, 15) is 14.4 Å². The fourth-order valence-electron chi connectivity index (χ4n) is 2.05. The molecule has 1 rings (SSSR count). The van der Waals surface area contributed by atoms with E-state index in [1.807, 2.05) is 0 Å². The summed E-state index contributed by atoms with van der Waals surface area (Å²) in [5, 5.41) is 0. The van der Waals surface area contributed by atoms with Crippen LogP contribution in [-0.2, 0) is 38.1 Å². The van der Waals surface area contributed by atoms with E-state index in [2.05, 4.69) is 5.73 Å². The Labute approximate surface area is 151 Å². The standard InChI is InChI=1S/C13H21NO8.HI/c1-7(15)20-10-6-19-13(18-5-4-14)12(22-9(3)17)11(10)21-8(2)16;/h10-13H,4-6,14H2,1-3H3;1H/t10-,11+,12-,13+;/m1./s1. The van der Waals surface area contributed by atoms with Gasteiger partial charge in [-0.25, -0.2) is 0 Å². The molecule has 1 aliphatic heterocycles. The van der Waals surface area contributed by atoms with Crippen LogP contribution in [0.3, 0.4) is 0 Å². The van der Waals surface area contributed by atoms with E-state index in [0.29, 0.717) is 6.54 Å². The number of hydrogen-bond acceptors (Lipinski definition) is 8. The zero-order valence-corrected chi connectivity index (χ0v) is 15.4. The van der Waals surface area contributed by atoms with Gasteiger partial charge in [-0.2, -0.15) is 0 Å². The summed E-state index contributed by atoms with van der Waals surface area (Å²) in [6.07, 6.45) is -3.85. The quantitative estimate of drug-likeness (QED) is 0.245. The third-order valence-electron chi connectivity index (χ3n) is 2.73. The Balaban J connectivity index is 0.00000484. The second kappa shape index (κ2) is 10.7. The molecule has 10 heteroatoms. The smallest absolute Gasteiger partial charge is 0.303 e. The molecule has 4 atom stereocenters. The summed E-state index contributed by atoms with van der Waals surface area (Å²) in [5.41, 5.74) is 3.63. The predicted molar refractivity (Wildman–Crippen MR) is 70.1 cm³/mol. The Bertz CT molecular complexity index is 419. The maximum atomic E-state index is 11.3. The number of quaternary nitrogens is 1. The molecule has 0 aromatic heterocycles. The molecule has 1 fully saturated rings. The fraction of sp³-hybridized carbons (Fsp3) is 0.769. The lowest BCUT2D eigenvalue weighted by Gasteiger charge is -2.39. The molecule has 134 valence electrons. The van der Waals surface area contributed by atoms with Crippen molar-refractivity contribution in [2.45, 2.75) is 45.4 Å². The fourth-order valence-corrected chi connectivity index (χ4v) is 2.05. The van der Waals surface area contributed by atoms with Gasteiger partial charge >= 0.3 is 17.9 Å². The maximum Gasteiger partial charge on any atom is 0.303 e. The van der Waals surface area contributed by atoms with E-state index < -0.39 is 42.5 Å². The molecule has 1 aliphatic rings. The van der Waals surface area contributed by atoms with Crippen molar-refractivity contribution < 1.29 is 67.8 Å². The van der Waals surface area contributed by atoms with Crippen LogP contribution < -0.4 is 29.7 Å². The van der Waals surface area contributed by atoms with Crippen molar-refractivity contribution in [1.82, 2.24) is 0 Å². The van der Waals surface area contributed by atoms with Crippen LogP contribution in [0, 0.1) is 0 Å². The van der Waals surface area contributed by atoms with E-state index in [4.69, 9.17) is 23.7 Å². The first-order valence-corrected chi connectivity index (χ1v) is 6.89. The summed E-state index contributed by atoms with van der Waals surface area (Å²) in [7, 11) is 0. The monoisotopic (exact) mass is 447 g/mol. The van der Waals surface area contributed by atoms with Crippen LogP contribution in [0.4, 0.5) is 0 Å². The Hall–Kier alpha value is -0.980. The Morgan fingerprint density at radius 3 is 2.00 bits per heavy atom. The average Bonchev–Trinajstić information content (AvgIpc) is 2.40.